The molecule has 0 fully saturated rings. The van der Waals surface area contributed by atoms with Gasteiger partial charge < -0.3 is 20.1 Å². The Morgan fingerprint density at radius 3 is 2.54 bits per heavy atom. The number of ether oxygens (including phenoxy) is 1. The fourth-order valence-corrected chi connectivity index (χ4v) is 5.77. The Morgan fingerprint density at radius 2 is 1.83 bits per heavy atom. The number of nitrogens with zero attached hydrogens (tertiary/aromatic N) is 1. The first-order valence-electron chi connectivity index (χ1n) is 11.8. The summed E-state index contributed by atoms with van der Waals surface area (Å²) in [6.07, 6.45) is 4.52. The van der Waals surface area contributed by atoms with Gasteiger partial charge in [0.2, 0.25) is 5.88 Å². The summed E-state index contributed by atoms with van der Waals surface area (Å²) in [5.74, 6) is -1.93. The third-order valence-electron chi connectivity index (χ3n) is 6.38. The van der Waals surface area contributed by atoms with Crippen molar-refractivity contribution in [3.8, 4) is 5.88 Å². The van der Waals surface area contributed by atoms with Crippen LogP contribution in [-0.4, -0.2) is 45.5 Å². The third-order valence-corrected chi connectivity index (χ3v) is 7.75. The first kappa shape index (κ1) is 25.0. The highest BCUT2D eigenvalue weighted by Crippen LogP contribution is 2.41. The van der Waals surface area contributed by atoms with Gasteiger partial charge in [-0.3, -0.25) is 4.79 Å². The summed E-state index contributed by atoms with van der Waals surface area (Å²) in [4.78, 5) is 27.7. The zero-order valence-corrected chi connectivity index (χ0v) is 20.4. The molecule has 1 aliphatic carbocycles. The topological polar surface area (TPSA) is 117 Å². The van der Waals surface area contributed by atoms with E-state index >= 15 is 0 Å². The smallest absolute Gasteiger partial charge is 0.341 e. The number of aromatic carboxylic acids is 1. The van der Waals surface area contributed by atoms with E-state index in [1.807, 2.05) is 18.2 Å². The largest absolute Gasteiger partial charge is 0.481 e. The van der Waals surface area contributed by atoms with E-state index in [9.17, 15) is 19.8 Å². The van der Waals surface area contributed by atoms with Crippen LogP contribution in [0.3, 0.4) is 0 Å². The number of aryl methyl sites for hydroxylation is 2. The van der Waals surface area contributed by atoms with Crippen LogP contribution in [0.2, 0.25) is 0 Å². The van der Waals surface area contributed by atoms with E-state index < -0.39 is 18.0 Å². The zero-order chi connectivity index (χ0) is 24.9. The number of aliphatic carboxylic acids is 1. The highest BCUT2D eigenvalue weighted by molar-refractivity contribution is 7.99. The molecule has 8 heteroatoms. The first-order chi connectivity index (χ1) is 16.9. The molecule has 0 radical (unpaired) electrons. The summed E-state index contributed by atoms with van der Waals surface area (Å²) in [7, 11) is 1.39. The Morgan fingerprint density at radius 1 is 1.06 bits per heavy atom. The van der Waals surface area contributed by atoms with Crippen LogP contribution in [0.1, 0.15) is 64.4 Å². The zero-order valence-electron chi connectivity index (χ0n) is 19.6. The second-order valence-electron chi connectivity index (χ2n) is 8.83. The number of hydrogen-bond donors (Lipinski definition) is 3. The molecule has 0 saturated carbocycles. The van der Waals surface area contributed by atoms with Gasteiger partial charge in [-0.1, -0.05) is 24.3 Å². The SMILES string of the molecule is COc1nc2cc(SC(c3ccc4c(c3)CCCC4)C(O)CCCC(=O)O)ccc2cc1C(=O)O. The highest BCUT2D eigenvalue weighted by Gasteiger charge is 2.25. The van der Waals surface area contributed by atoms with Crippen LogP contribution in [0.15, 0.2) is 47.4 Å². The number of carboxylic acids is 2. The minimum Gasteiger partial charge on any atom is -0.481 e. The average Bonchev–Trinajstić information content (AvgIpc) is 2.85. The van der Waals surface area contributed by atoms with Crippen LogP contribution in [0.4, 0.5) is 0 Å². The molecule has 35 heavy (non-hydrogen) atoms. The maximum Gasteiger partial charge on any atom is 0.341 e. The number of benzene rings is 2. The fraction of sp³-hybridized carbons (Fsp3) is 0.370. The number of rotatable bonds is 10. The lowest BCUT2D eigenvalue weighted by Crippen LogP contribution is -2.17. The molecule has 0 saturated heterocycles. The van der Waals surface area contributed by atoms with Gasteiger partial charge in [0, 0.05) is 16.7 Å². The molecule has 7 nitrogen and oxygen atoms in total. The van der Waals surface area contributed by atoms with Crippen LogP contribution in [0.25, 0.3) is 10.9 Å². The summed E-state index contributed by atoms with van der Waals surface area (Å²) >= 11 is 1.50. The Labute approximate surface area is 208 Å². The molecule has 3 aromatic rings. The number of aromatic nitrogens is 1. The van der Waals surface area contributed by atoms with Crippen molar-refractivity contribution in [3.05, 3.63) is 64.7 Å². The molecule has 2 unspecified atom stereocenters. The maximum atomic E-state index is 11.5. The van der Waals surface area contributed by atoms with Crippen molar-refractivity contribution >= 4 is 34.6 Å². The van der Waals surface area contributed by atoms with Crippen molar-refractivity contribution in [1.29, 1.82) is 0 Å². The fourth-order valence-electron chi connectivity index (χ4n) is 4.57. The summed E-state index contributed by atoms with van der Waals surface area (Å²) < 4.78 is 5.17. The number of aliphatic hydroxyl groups excluding tert-OH is 1. The standard InChI is InChI=1S/C27H29NO6S/c1-34-26-21(27(32)33)14-18-11-12-20(15-22(18)28-26)35-25(23(29)7-4-8-24(30)31)19-10-9-16-5-2-3-6-17(16)13-19/h9-15,23,25,29H,2-8H2,1H3,(H,30,31)(H,32,33). The van der Waals surface area contributed by atoms with Crippen LogP contribution >= 0.6 is 11.8 Å². The highest BCUT2D eigenvalue weighted by atomic mass is 32.2. The monoisotopic (exact) mass is 495 g/mol. The first-order valence-corrected chi connectivity index (χ1v) is 12.6. The predicted octanol–water partition coefficient (Wildman–Crippen LogP) is 5.27. The number of methoxy groups -OCH3 is 1. The van der Waals surface area contributed by atoms with Crippen molar-refractivity contribution in [2.75, 3.05) is 7.11 Å². The van der Waals surface area contributed by atoms with Gasteiger partial charge in [0.15, 0.2) is 0 Å². The molecule has 2 atom stereocenters. The van der Waals surface area contributed by atoms with E-state index in [4.69, 9.17) is 9.84 Å². The normalized spacial score (nSPS) is 14.8. The molecule has 2 aromatic carbocycles. The molecule has 0 bridgehead atoms. The average molecular weight is 496 g/mol. The molecule has 184 valence electrons. The van der Waals surface area contributed by atoms with E-state index in [1.54, 1.807) is 6.07 Å². The maximum absolute atomic E-state index is 11.5. The lowest BCUT2D eigenvalue weighted by atomic mass is 9.89. The van der Waals surface area contributed by atoms with Crippen molar-refractivity contribution in [1.82, 2.24) is 4.98 Å². The Balaban J connectivity index is 1.65. The molecule has 1 heterocycles. The quantitative estimate of drug-likeness (QED) is 0.326. The lowest BCUT2D eigenvalue weighted by molar-refractivity contribution is -0.137. The molecule has 0 amide bonds. The number of carbonyl (C=O) groups is 2. The predicted molar refractivity (Wildman–Crippen MR) is 134 cm³/mol. The van der Waals surface area contributed by atoms with E-state index in [-0.39, 0.29) is 23.1 Å². The molecule has 3 N–H and O–H groups in total. The number of thioether (sulfide) groups is 1. The van der Waals surface area contributed by atoms with Gasteiger partial charge in [-0.25, -0.2) is 9.78 Å². The molecule has 1 aliphatic rings. The number of hydrogen-bond acceptors (Lipinski definition) is 6. The van der Waals surface area contributed by atoms with Gasteiger partial charge in [0.25, 0.3) is 0 Å². The summed E-state index contributed by atoms with van der Waals surface area (Å²) in [5.41, 5.74) is 4.30. The van der Waals surface area contributed by atoms with Crippen molar-refractivity contribution in [2.24, 2.45) is 0 Å². The summed E-state index contributed by atoms with van der Waals surface area (Å²) in [5, 5.41) is 29.9. The van der Waals surface area contributed by atoms with Crippen LogP contribution < -0.4 is 4.74 Å². The van der Waals surface area contributed by atoms with Gasteiger partial charge in [-0.15, -0.1) is 11.8 Å². The molecule has 1 aromatic heterocycles. The second kappa shape index (κ2) is 11.1. The van der Waals surface area contributed by atoms with Gasteiger partial charge >= 0.3 is 11.9 Å². The minimum atomic E-state index is -1.10. The van der Waals surface area contributed by atoms with E-state index in [0.717, 1.165) is 29.7 Å². The van der Waals surface area contributed by atoms with Crippen molar-refractivity contribution in [3.63, 3.8) is 0 Å². The number of aliphatic hydroxyl groups is 1. The van der Waals surface area contributed by atoms with Gasteiger partial charge in [-0.05, 0) is 73.4 Å². The van der Waals surface area contributed by atoms with E-state index in [0.29, 0.717) is 23.7 Å². The Kier molecular flexibility index (Phi) is 7.93. The Hall–Kier alpha value is -3.10. The van der Waals surface area contributed by atoms with Gasteiger partial charge in [0.05, 0.1) is 24.0 Å². The molecular formula is C27H29NO6S. The molecule has 0 aliphatic heterocycles. The minimum absolute atomic E-state index is 0.00110. The molecule has 4 rings (SSSR count). The number of carboxylic acid groups (broad SMARTS) is 2. The van der Waals surface area contributed by atoms with E-state index in [1.165, 1.54) is 36.4 Å². The van der Waals surface area contributed by atoms with Crippen molar-refractivity contribution in [2.45, 2.75) is 61.2 Å². The second-order valence-corrected chi connectivity index (χ2v) is 10.0. The molecular weight excluding hydrogens is 466 g/mol. The van der Waals surface area contributed by atoms with Crippen molar-refractivity contribution < 1.29 is 29.6 Å². The van der Waals surface area contributed by atoms with Crippen LogP contribution in [0, 0.1) is 0 Å². The lowest BCUT2D eigenvalue weighted by Gasteiger charge is -2.25. The summed E-state index contributed by atoms with van der Waals surface area (Å²) in [6.45, 7) is 0. The summed E-state index contributed by atoms with van der Waals surface area (Å²) in [6, 6.07) is 13.5. The number of fused-ring (bicyclic) bond motifs is 2. The van der Waals surface area contributed by atoms with Crippen LogP contribution in [-0.2, 0) is 17.6 Å². The van der Waals surface area contributed by atoms with Gasteiger partial charge in [0.1, 0.15) is 5.56 Å². The molecule has 0 spiro atoms. The third kappa shape index (κ3) is 5.94. The van der Waals surface area contributed by atoms with Gasteiger partial charge in [-0.2, -0.15) is 0 Å². The van der Waals surface area contributed by atoms with E-state index in [2.05, 4.69) is 23.2 Å². The Bertz CT molecular complexity index is 1240. The van der Waals surface area contributed by atoms with Crippen LogP contribution in [0.5, 0.6) is 5.88 Å². The number of pyridine rings is 1.